The molecule has 16 heavy (non-hydrogen) atoms. The van der Waals surface area contributed by atoms with Gasteiger partial charge in [0.2, 0.25) is 5.91 Å². The van der Waals surface area contributed by atoms with E-state index in [0.29, 0.717) is 6.42 Å². The third-order valence-corrected chi connectivity index (χ3v) is 3.20. The summed E-state index contributed by atoms with van der Waals surface area (Å²) in [6.07, 6.45) is 10.3. The molecule has 0 atom stereocenters. The molecule has 0 aliphatic heterocycles. The predicted molar refractivity (Wildman–Crippen MR) is 74.0 cm³/mol. The second kappa shape index (κ2) is 13.0. The summed E-state index contributed by atoms with van der Waals surface area (Å²) in [5.74, 6) is 0.227. The van der Waals surface area contributed by atoms with Crippen molar-refractivity contribution < 1.29 is 4.79 Å². The molecule has 3 heteroatoms. The first-order valence-corrected chi connectivity index (χ1v) is 7.76. The Labute approximate surface area is 109 Å². The number of amides is 1. The van der Waals surface area contributed by atoms with Gasteiger partial charge in [-0.05, 0) is 19.3 Å². The van der Waals surface area contributed by atoms with E-state index < -0.39 is 0 Å². The third-order valence-electron chi connectivity index (χ3n) is 2.64. The molecule has 96 valence electrons. The zero-order valence-corrected chi connectivity index (χ0v) is 12.2. The van der Waals surface area contributed by atoms with Crippen molar-refractivity contribution in [2.45, 2.75) is 64.7 Å². The molecule has 0 saturated heterocycles. The largest absolute Gasteiger partial charge is 0.356 e. The fourth-order valence-electron chi connectivity index (χ4n) is 1.60. The van der Waals surface area contributed by atoms with E-state index in [0.717, 1.165) is 31.1 Å². The molecule has 0 aromatic carbocycles. The summed E-state index contributed by atoms with van der Waals surface area (Å²) in [5.41, 5.74) is 0. The smallest absolute Gasteiger partial charge is 0.219 e. The third kappa shape index (κ3) is 12.0. The van der Waals surface area contributed by atoms with Crippen molar-refractivity contribution in [3.63, 3.8) is 0 Å². The molecule has 0 aliphatic rings. The minimum Gasteiger partial charge on any atom is -0.356 e. The summed E-state index contributed by atoms with van der Waals surface area (Å²) in [6, 6.07) is 0. The van der Waals surface area contributed by atoms with Gasteiger partial charge in [0.15, 0.2) is 0 Å². The van der Waals surface area contributed by atoms with Crippen LogP contribution in [0.25, 0.3) is 0 Å². The molecule has 0 aromatic heterocycles. The van der Waals surface area contributed by atoms with Gasteiger partial charge < -0.3 is 5.32 Å². The monoisotopic (exact) mass is 291 g/mol. The summed E-state index contributed by atoms with van der Waals surface area (Å²) in [7, 11) is 0. The number of hydrogen-bond acceptors (Lipinski definition) is 1. The lowest BCUT2D eigenvalue weighted by Gasteiger charge is -2.04. The van der Waals surface area contributed by atoms with Crippen molar-refractivity contribution in [1.29, 1.82) is 0 Å². The zero-order valence-electron chi connectivity index (χ0n) is 10.6. The van der Waals surface area contributed by atoms with E-state index in [2.05, 4.69) is 28.2 Å². The van der Waals surface area contributed by atoms with Crippen LogP contribution in [-0.2, 0) is 4.79 Å². The first kappa shape index (κ1) is 16.0. The number of nitrogens with one attached hydrogen (secondary N) is 1. The maximum absolute atomic E-state index is 11.4. The average molecular weight is 292 g/mol. The highest BCUT2D eigenvalue weighted by Gasteiger charge is 1.99. The first-order chi connectivity index (χ1) is 7.81. The molecule has 0 spiro atoms. The molecule has 0 aromatic rings. The minimum absolute atomic E-state index is 0.227. The van der Waals surface area contributed by atoms with Crippen LogP contribution in [0.2, 0.25) is 0 Å². The molecule has 1 amide bonds. The van der Waals surface area contributed by atoms with Crippen LogP contribution < -0.4 is 5.32 Å². The Morgan fingerprint density at radius 2 is 1.69 bits per heavy atom. The Balaban J connectivity index is 3.11. The Bertz CT molecular complexity index is 162. The highest BCUT2D eigenvalue weighted by Crippen LogP contribution is 2.03. The predicted octanol–water partition coefficient (Wildman–Crippen LogP) is 4.03. The maximum atomic E-state index is 11.4. The molecule has 0 rings (SSSR count). The van der Waals surface area contributed by atoms with Crippen LogP contribution in [0.1, 0.15) is 64.7 Å². The molecule has 0 heterocycles. The topological polar surface area (TPSA) is 29.1 Å². The first-order valence-electron chi connectivity index (χ1n) is 6.64. The highest BCUT2D eigenvalue weighted by molar-refractivity contribution is 9.09. The Morgan fingerprint density at radius 3 is 2.38 bits per heavy atom. The number of alkyl halides is 1. The van der Waals surface area contributed by atoms with Crippen LogP contribution in [0.5, 0.6) is 0 Å². The average Bonchev–Trinajstić information content (AvgIpc) is 2.29. The van der Waals surface area contributed by atoms with Crippen molar-refractivity contribution in [3.8, 4) is 0 Å². The standard InChI is InChI=1S/C13H26BrNO/c1-2-3-4-5-9-12-15-13(16)10-7-6-8-11-14/h2-12H2,1H3,(H,15,16). The lowest BCUT2D eigenvalue weighted by molar-refractivity contribution is -0.121. The number of hydrogen-bond donors (Lipinski definition) is 1. The highest BCUT2D eigenvalue weighted by atomic mass is 79.9. The van der Waals surface area contributed by atoms with E-state index in [-0.39, 0.29) is 5.91 Å². The summed E-state index contributed by atoms with van der Waals surface area (Å²) in [5, 5.41) is 4.03. The number of unbranched alkanes of at least 4 members (excludes halogenated alkanes) is 6. The Morgan fingerprint density at radius 1 is 1.00 bits per heavy atom. The van der Waals surface area contributed by atoms with Crippen LogP contribution in [-0.4, -0.2) is 17.8 Å². The van der Waals surface area contributed by atoms with E-state index in [1.54, 1.807) is 0 Å². The molecule has 0 bridgehead atoms. The van der Waals surface area contributed by atoms with Gasteiger partial charge >= 0.3 is 0 Å². The van der Waals surface area contributed by atoms with E-state index >= 15 is 0 Å². The van der Waals surface area contributed by atoms with Gasteiger partial charge in [-0.2, -0.15) is 0 Å². The van der Waals surface area contributed by atoms with Crippen molar-refractivity contribution in [3.05, 3.63) is 0 Å². The van der Waals surface area contributed by atoms with E-state index in [1.807, 2.05) is 0 Å². The normalized spacial score (nSPS) is 10.4. The Kier molecular flexibility index (Phi) is 13.0. The molecule has 0 aliphatic carbocycles. The number of rotatable bonds is 11. The fourth-order valence-corrected chi connectivity index (χ4v) is 2.00. The quantitative estimate of drug-likeness (QED) is 0.452. The summed E-state index contributed by atoms with van der Waals surface area (Å²) in [4.78, 5) is 11.4. The van der Waals surface area contributed by atoms with Gasteiger partial charge in [-0.1, -0.05) is 55.0 Å². The Hall–Kier alpha value is -0.0500. The molecule has 2 nitrogen and oxygen atoms in total. The van der Waals surface area contributed by atoms with Crippen molar-refractivity contribution >= 4 is 21.8 Å². The van der Waals surface area contributed by atoms with Gasteiger partial charge in [0.1, 0.15) is 0 Å². The van der Waals surface area contributed by atoms with E-state index in [4.69, 9.17) is 0 Å². The maximum Gasteiger partial charge on any atom is 0.219 e. The van der Waals surface area contributed by atoms with Gasteiger partial charge in [-0.3, -0.25) is 4.79 Å². The van der Waals surface area contributed by atoms with Crippen LogP contribution >= 0.6 is 15.9 Å². The van der Waals surface area contributed by atoms with Crippen molar-refractivity contribution in [1.82, 2.24) is 5.32 Å². The van der Waals surface area contributed by atoms with Gasteiger partial charge in [-0.25, -0.2) is 0 Å². The number of carbonyl (C=O) groups excluding carboxylic acids is 1. The number of halogens is 1. The van der Waals surface area contributed by atoms with E-state index in [9.17, 15) is 4.79 Å². The van der Waals surface area contributed by atoms with Gasteiger partial charge in [0.25, 0.3) is 0 Å². The molecule has 1 N–H and O–H groups in total. The molecule has 0 radical (unpaired) electrons. The van der Waals surface area contributed by atoms with Crippen LogP contribution in [0, 0.1) is 0 Å². The van der Waals surface area contributed by atoms with Crippen LogP contribution in [0.15, 0.2) is 0 Å². The van der Waals surface area contributed by atoms with Gasteiger partial charge in [0, 0.05) is 18.3 Å². The minimum atomic E-state index is 0.227. The van der Waals surface area contributed by atoms with Gasteiger partial charge in [0.05, 0.1) is 0 Å². The molecule has 0 saturated carbocycles. The fraction of sp³-hybridized carbons (Fsp3) is 0.923. The summed E-state index contributed by atoms with van der Waals surface area (Å²) < 4.78 is 0. The summed E-state index contributed by atoms with van der Waals surface area (Å²) >= 11 is 3.39. The molecule has 0 unspecified atom stereocenters. The van der Waals surface area contributed by atoms with Crippen LogP contribution in [0.4, 0.5) is 0 Å². The van der Waals surface area contributed by atoms with Crippen molar-refractivity contribution in [2.75, 3.05) is 11.9 Å². The zero-order chi connectivity index (χ0) is 12.1. The lowest BCUT2D eigenvalue weighted by Crippen LogP contribution is -2.23. The van der Waals surface area contributed by atoms with Crippen LogP contribution in [0.3, 0.4) is 0 Å². The molecular weight excluding hydrogens is 266 g/mol. The second-order valence-corrected chi connectivity index (χ2v) is 5.06. The summed E-state index contributed by atoms with van der Waals surface area (Å²) in [6.45, 7) is 3.08. The van der Waals surface area contributed by atoms with E-state index in [1.165, 1.54) is 32.1 Å². The van der Waals surface area contributed by atoms with Gasteiger partial charge in [-0.15, -0.1) is 0 Å². The molecule has 0 fully saturated rings. The molecular formula is C13H26BrNO. The second-order valence-electron chi connectivity index (χ2n) is 4.26. The lowest BCUT2D eigenvalue weighted by atomic mass is 10.1. The number of carbonyl (C=O) groups is 1. The van der Waals surface area contributed by atoms with Crippen molar-refractivity contribution in [2.24, 2.45) is 0 Å². The SMILES string of the molecule is CCCCCCCNC(=O)CCCCCBr.